The summed E-state index contributed by atoms with van der Waals surface area (Å²) in [5.74, 6) is -1.28. The van der Waals surface area contributed by atoms with Crippen LogP contribution >= 0.6 is 0 Å². The van der Waals surface area contributed by atoms with Crippen molar-refractivity contribution in [2.24, 2.45) is 5.11 Å². The van der Waals surface area contributed by atoms with Crippen LogP contribution in [0.15, 0.2) is 53.6 Å². The number of rotatable bonds is 12. The molecule has 13 heteroatoms. The topological polar surface area (TPSA) is 134 Å². The number of azide groups is 1. The Labute approximate surface area is 203 Å². The van der Waals surface area contributed by atoms with Crippen LogP contribution in [0.4, 0.5) is 17.6 Å². The predicted octanol–water partition coefficient (Wildman–Crippen LogP) is 3.54. The van der Waals surface area contributed by atoms with Crippen LogP contribution in [0, 0.1) is 0 Å². The van der Waals surface area contributed by atoms with Gasteiger partial charge in [-0.3, -0.25) is 4.79 Å². The normalized spacial score (nSPS) is 13.6. The Hall–Kier alpha value is -3.83. The van der Waals surface area contributed by atoms with Crippen LogP contribution in [0.5, 0.6) is 5.75 Å². The van der Waals surface area contributed by atoms with Gasteiger partial charge in [-0.1, -0.05) is 29.4 Å². The van der Waals surface area contributed by atoms with E-state index in [1.807, 2.05) is 0 Å². The lowest BCUT2D eigenvalue weighted by molar-refractivity contribution is -0.145. The van der Waals surface area contributed by atoms with Crippen LogP contribution in [-0.4, -0.2) is 55.6 Å². The van der Waals surface area contributed by atoms with Crippen molar-refractivity contribution in [3.05, 3.63) is 75.7 Å². The molecule has 0 aliphatic carbocycles. The molecular weight excluding hydrogens is 488 g/mol. The SMILES string of the molecule is COC(=O)[C@H](Cc1ccc(C(F)(F)F)cc1)NC(=O)C(Cc1ccc(OCC(O)CF)cc1)N=[N+]=[N-]. The zero-order valence-electron chi connectivity index (χ0n) is 19.1. The summed E-state index contributed by atoms with van der Waals surface area (Å²) >= 11 is 0. The molecule has 2 rings (SSSR count). The highest BCUT2D eigenvalue weighted by atomic mass is 19.4. The van der Waals surface area contributed by atoms with Gasteiger partial charge in [0.25, 0.3) is 0 Å². The van der Waals surface area contributed by atoms with Crippen molar-refractivity contribution < 1.29 is 41.7 Å². The summed E-state index contributed by atoms with van der Waals surface area (Å²) in [7, 11) is 1.09. The zero-order valence-corrected chi connectivity index (χ0v) is 19.1. The van der Waals surface area contributed by atoms with Crippen molar-refractivity contribution in [1.29, 1.82) is 0 Å². The van der Waals surface area contributed by atoms with Crippen LogP contribution in [-0.2, 0) is 33.3 Å². The van der Waals surface area contributed by atoms with Crippen LogP contribution in [0.25, 0.3) is 10.4 Å². The molecule has 0 spiro atoms. The third-order valence-corrected chi connectivity index (χ3v) is 4.99. The molecule has 0 aromatic heterocycles. The number of hydrogen-bond donors (Lipinski definition) is 2. The quantitative estimate of drug-likeness (QED) is 0.148. The van der Waals surface area contributed by atoms with Gasteiger partial charge in [-0.2, -0.15) is 13.2 Å². The third kappa shape index (κ3) is 8.75. The van der Waals surface area contributed by atoms with Gasteiger partial charge < -0.3 is 19.9 Å². The standard InChI is InChI=1S/C23H24F4N4O5/c1-35-22(34)20(11-14-2-6-16(7-3-14)23(25,26)27)29-21(33)19(30-31-28)10-15-4-8-18(9-5-15)36-13-17(32)12-24/h2-9,17,19-20,32H,10-13H2,1H3,(H,29,33)/t17?,19?,20-/m0/s1. The molecule has 0 saturated carbocycles. The fraction of sp³-hybridized carbons (Fsp3) is 0.391. The van der Waals surface area contributed by atoms with Gasteiger partial charge in [-0.05, 0) is 47.3 Å². The molecule has 0 aliphatic rings. The van der Waals surface area contributed by atoms with E-state index in [9.17, 15) is 32.3 Å². The Bertz CT molecular complexity index is 1060. The number of ether oxygens (including phenoxy) is 2. The van der Waals surface area contributed by atoms with Gasteiger partial charge in [0.1, 0.15) is 37.2 Å². The van der Waals surface area contributed by atoms with Gasteiger partial charge >= 0.3 is 12.1 Å². The van der Waals surface area contributed by atoms with Crippen molar-refractivity contribution in [2.75, 3.05) is 20.4 Å². The minimum atomic E-state index is -4.52. The van der Waals surface area contributed by atoms with Crippen LogP contribution in [0.3, 0.4) is 0 Å². The van der Waals surface area contributed by atoms with Crippen molar-refractivity contribution in [1.82, 2.24) is 5.32 Å². The van der Waals surface area contributed by atoms with Gasteiger partial charge in [0, 0.05) is 11.3 Å². The second kappa shape index (κ2) is 13.3. The number of alkyl halides is 4. The maximum absolute atomic E-state index is 12.8. The second-order valence-electron chi connectivity index (χ2n) is 7.67. The number of carbonyl (C=O) groups excluding carboxylic acids is 2. The van der Waals surface area contributed by atoms with Crippen molar-refractivity contribution in [2.45, 2.75) is 37.2 Å². The second-order valence-corrected chi connectivity index (χ2v) is 7.67. The molecule has 36 heavy (non-hydrogen) atoms. The third-order valence-electron chi connectivity index (χ3n) is 4.99. The van der Waals surface area contributed by atoms with E-state index in [1.54, 1.807) is 12.1 Å². The molecular formula is C23H24F4N4O5. The summed E-state index contributed by atoms with van der Waals surface area (Å²) in [6.45, 7) is -1.19. The first-order chi connectivity index (χ1) is 17.1. The maximum atomic E-state index is 12.8. The minimum Gasteiger partial charge on any atom is -0.491 e. The van der Waals surface area contributed by atoms with Gasteiger partial charge in [0.05, 0.1) is 12.7 Å². The van der Waals surface area contributed by atoms with E-state index in [0.29, 0.717) is 16.9 Å². The molecule has 0 radical (unpaired) electrons. The van der Waals surface area contributed by atoms with Gasteiger partial charge in [0.15, 0.2) is 0 Å². The van der Waals surface area contributed by atoms with E-state index in [4.69, 9.17) is 15.0 Å². The van der Waals surface area contributed by atoms with E-state index in [0.717, 1.165) is 19.2 Å². The number of benzene rings is 2. The highest BCUT2D eigenvalue weighted by Gasteiger charge is 2.31. The molecule has 2 aromatic rings. The Morgan fingerprint density at radius 2 is 1.67 bits per heavy atom. The number of nitrogens with one attached hydrogen (secondary N) is 1. The average molecular weight is 512 g/mol. The lowest BCUT2D eigenvalue weighted by atomic mass is 10.0. The Kier molecular flexibility index (Phi) is 10.5. The van der Waals surface area contributed by atoms with Crippen molar-refractivity contribution >= 4 is 11.9 Å². The number of aliphatic hydroxyl groups excluding tert-OH is 1. The van der Waals surface area contributed by atoms with Crippen LogP contribution in [0.1, 0.15) is 16.7 Å². The van der Waals surface area contributed by atoms with E-state index in [-0.39, 0.29) is 19.4 Å². The minimum absolute atomic E-state index is 0.0442. The number of amides is 1. The van der Waals surface area contributed by atoms with Gasteiger partial charge in [-0.25, -0.2) is 9.18 Å². The molecule has 0 bridgehead atoms. The molecule has 2 aromatic carbocycles. The lowest BCUT2D eigenvalue weighted by Gasteiger charge is -2.19. The molecule has 3 atom stereocenters. The number of methoxy groups -OCH3 is 1. The van der Waals surface area contributed by atoms with E-state index in [2.05, 4.69) is 15.3 Å². The van der Waals surface area contributed by atoms with E-state index < -0.39 is 48.5 Å². The molecule has 2 unspecified atom stereocenters. The first-order valence-electron chi connectivity index (χ1n) is 10.6. The largest absolute Gasteiger partial charge is 0.491 e. The predicted molar refractivity (Wildman–Crippen MR) is 120 cm³/mol. The summed E-state index contributed by atoms with van der Waals surface area (Å²) in [4.78, 5) is 27.7. The Balaban J connectivity index is 2.09. The maximum Gasteiger partial charge on any atom is 0.416 e. The monoisotopic (exact) mass is 512 g/mol. The summed E-state index contributed by atoms with van der Waals surface area (Å²) in [6.07, 6.45) is -5.97. The van der Waals surface area contributed by atoms with Crippen molar-refractivity contribution in [3.8, 4) is 5.75 Å². The number of halogens is 4. The molecule has 194 valence electrons. The molecule has 0 heterocycles. The van der Waals surface area contributed by atoms with E-state index in [1.165, 1.54) is 24.3 Å². The average Bonchev–Trinajstić information content (AvgIpc) is 2.86. The first kappa shape index (κ1) is 28.4. The smallest absolute Gasteiger partial charge is 0.416 e. The highest BCUT2D eigenvalue weighted by molar-refractivity contribution is 5.88. The van der Waals surface area contributed by atoms with Crippen molar-refractivity contribution in [3.63, 3.8) is 0 Å². The number of hydrogen-bond acceptors (Lipinski definition) is 6. The Morgan fingerprint density at radius 3 is 2.19 bits per heavy atom. The first-order valence-corrected chi connectivity index (χ1v) is 10.6. The summed E-state index contributed by atoms with van der Waals surface area (Å²) in [5.41, 5.74) is 8.94. The van der Waals surface area contributed by atoms with Gasteiger partial charge in [0.2, 0.25) is 5.91 Å². The van der Waals surface area contributed by atoms with Crippen LogP contribution < -0.4 is 10.1 Å². The summed E-state index contributed by atoms with van der Waals surface area (Å²) in [6, 6.07) is 7.79. The Morgan fingerprint density at radius 1 is 1.08 bits per heavy atom. The molecule has 0 aliphatic heterocycles. The van der Waals surface area contributed by atoms with Gasteiger partial charge in [-0.15, -0.1) is 0 Å². The fourth-order valence-electron chi connectivity index (χ4n) is 3.10. The molecule has 0 fully saturated rings. The molecule has 2 N–H and O–H groups in total. The fourth-order valence-corrected chi connectivity index (χ4v) is 3.10. The molecule has 0 saturated heterocycles. The number of nitrogens with zero attached hydrogens (tertiary/aromatic N) is 3. The number of esters is 1. The summed E-state index contributed by atoms with van der Waals surface area (Å²) in [5, 5.41) is 15.1. The van der Waals surface area contributed by atoms with Crippen LogP contribution in [0.2, 0.25) is 0 Å². The molecule has 1 amide bonds. The molecule has 9 nitrogen and oxygen atoms in total. The number of carbonyl (C=O) groups is 2. The van der Waals surface area contributed by atoms with E-state index >= 15 is 0 Å². The lowest BCUT2D eigenvalue weighted by Crippen LogP contribution is -2.47. The summed E-state index contributed by atoms with van der Waals surface area (Å²) < 4.78 is 60.6. The number of aliphatic hydroxyl groups is 1. The zero-order chi connectivity index (χ0) is 26.7. The highest BCUT2D eigenvalue weighted by Crippen LogP contribution is 2.29.